The van der Waals surface area contributed by atoms with Gasteiger partial charge < -0.3 is 15.0 Å². The first-order valence-electron chi connectivity index (χ1n) is 13.4. The number of hydroxylamine groups is 1. The van der Waals surface area contributed by atoms with E-state index in [1.807, 2.05) is 48.7 Å². The molecule has 1 atom stereocenters. The van der Waals surface area contributed by atoms with Crippen molar-refractivity contribution in [3.8, 4) is 5.75 Å². The van der Waals surface area contributed by atoms with Crippen LogP contribution in [0.4, 0.5) is 0 Å². The second-order valence-corrected chi connectivity index (χ2v) is 9.70. The minimum absolute atomic E-state index is 0.105. The van der Waals surface area contributed by atoms with Crippen LogP contribution in [0, 0.1) is 0 Å². The number of H-pyrrole nitrogens is 1. The van der Waals surface area contributed by atoms with E-state index in [0.29, 0.717) is 28.9 Å². The van der Waals surface area contributed by atoms with Gasteiger partial charge in [-0.1, -0.05) is 72.8 Å². The normalized spacial score (nSPS) is 11.7. The molecule has 0 fully saturated rings. The lowest BCUT2D eigenvalue weighted by Gasteiger charge is -2.20. The van der Waals surface area contributed by atoms with Gasteiger partial charge in [-0.3, -0.25) is 19.6 Å². The molecule has 4 N–H and O–H groups in total. The number of rotatable bonds is 11. The van der Waals surface area contributed by atoms with Crippen LogP contribution in [0.5, 0.6) is 5.75 Å². The molecule has 0 unspecified atom stereocenters. The molecule has 4 aromatic carbocycles. The van der Waals surface area contributed by atoms with E-state index in [0.717, 1.165) is 22.0 Å². The van der Waals surface area contributed by atoms with E-state index in [1.54, 1.807) is 72.2 Å². The van der Waals surface area contributed by atoms with Gasteiger partial charge in [-0.25, -0.2) is 5.48 Å². The molecular weight excluding hydrogens is 530 g/mol. The van der Waals surface area contributed by atoms with Crippen molar-refractivity contribution in [3.05, 3.63) is 143 Å². The van der Waals surface area contributed by atoms with Crippen molar-refractivity contribution in [2.45, 2.75) is 12.5 Å². The van der Waals surface area contributed by atoms with Crippen LogP contribution in [-0.4, -0.2) is 40.4 Å². The minimum Gasteiger partial charge on any atom is -0.491 e. The molecular formula is C34H29N3O5. The molecule has 5 rings (SSSR count). The van der Waals surface area contributed by atoms with Crippen LogP contribution in [-0.2, 0) is 11.2 Å². The summed E-state index contributed by atoms with van der Waals surface area (Å²) in [6.45, 7) is 0.206. The first-order valence-corrected chi connectivity index (χ1v) is 13.4. The Bertz CT molecular complexity index is 1710. The number of ether oxygens (including phenoxy) is 1. The summed E-state index contributed by atoms with van der Waals surface area (Å²) < 4.78 is 6.05. The Kier molecular flexibility index (Phi) is 8.86. The molecule has 0 radical (unpaired) electrons. The van der Waals surface area contributed by atoms with Crippen molar-refractivity contribution in [3.63, 3.8) is 0 Å². The summed E-state index contributed by atoms with van der Waals surface area (Å²) in [5.41, 5.74) is 5.89. The van der Waals surface area contributed by atoms with Crippen LogP contribution in [0.15, 0.2) is 115 Å². The van der Waals surface area contributed by atoms with Crippen LogP contribution < -0.4 is 15.5 Å². The van der Waals surface area contributed by atoms with Crippen LogP contribution in [0.3, 0.4) is 0 Å². The Morgan fingerprint density at radius 3 is 2.21 bits per heavy atom. The van der Waals surface area contributed by atoms with Crippen molar-refractivity contribution < 1.29 is 24.3 Å². The Morgan fingerprint density at radius 2 is 1.48 bits per heavy atom. The highest BCUT2D eigenvalue weighted by molar-refractivity contribution is 6.09. The largest absolute Gasteiger partial charge is 0.491 e. The van der Waals surface area contributed by atoms with E-state index in [4.69, 9.17) is 9.94 Å². The predicted octanol–water partition coefficient (Wildman–Crippen LogP) is 5.34. The summed E-state index contributed by atoms with van der Waals surface area (Å²) >= 11 is 0. The predicted molar refractivity (Wildman–Crippen MR) is 160 cm³/mol. The number of aromatic amines is 1. The third kappa shape index (κ3) is 6.99. The van der Waals surface area contributed by atoms with Gasteiger partial charge in [0.1, 0.15) is 12.4 Å². The highest BCUT2D eigenvalue weighted by Gasteiger charge is 2.18. The summed E-state index contributed by atoms with van der Waals surface area (Å²) in [5.74, 6) is -0.402. The number of amides is 2. The first-order chi connectivity index (χ1) is 20.5. The second-order valence-electron chi connectivity index (χ2n) is 9.70. The Labute approximate surface area is 242 Å². The van der Waals surface area contributed by atoms with Gasteiger partial charge in [0.2, 0.25) is 0 Å². The van der Waals surface area contributed by atoms with Gasteiger partial charge >= 0.3 is 0 Å². The minimum atomic E-state index is -0.622. The number of hydrogen-bond acceptors (Lipinski definition) is 5. The van der Waals surface area contributed by atoms with Crippen LogP contribution in [0.2, 0.25) is 0 Å². The second kappa shape index (κ2) is 13.3. The van der Waals surface area contributed by atoms with E-state index >= 15 is 0 Å². The molecule has 0 spiro atoms. The molecule has 5 aromatic rings. The van der Waals surface area contributed by atoms with Crippen molar-refractivity contribution in [2.24, 2.45) is 0 Å². The highest BCUT2D eigenvalue weighted by Crippen LogP contribution is 2.20. The number of nitrogens with one attached hydrogen (secondary N) is 3. The fourth-order valence-corrected chi connectivity index (χ4v) is 4.60. The Balaban J connectivity index is 1.29. The lowest BCUT2D eigenvalue weighted by atomic mass is 10.0. The van der Waals surface area contributed by atoms with Crippen molar-refractivity contribution in [2.75, 3.05) is 6.61 Å². The molecule has 1 heterocycles. The zero-order chi connectivity index (χ0) is 29.3. The molecule has 1 aromatic heterocycles. The SMILES string of the molecule is O=C(/C=C/c1ccc(OC[C@H](Cc2c[nH]c3ccccc23)NC(=O)c2ccc(C(=O)c3ccccc3)cc2)cc1)NO. The third-order valence-corrected chi connectivity index (χ3v) is 6.79. The number of hydrogen-bond donors (Lipinski definition) is 4. The van der Waals surface area contributed by atoms with Crippen LogP contribution in [0.25, 0.3) is 17.0 Å². The average Bonchev–Trinajstić information content (AvgIpc) is 3.45. The molecule has 8 heteroatoms. The number of para-hydroxylation sites is 1. The zero-order valence-corrected chi connectivity index (χ0v) is 22.6. The molecule has 0 aliphatic heterocycles. The van der Waals surface area contributed by atoms with E-state index in [9.17, 15) is 14.4 Å². The lowest BCUT2D eigenvalue weighted by molar-refractivity contribution is -0.124. The third-order valence-electron chi connectivity index (χ3n) is 6.79. The average molecular weight is 560 g/mol. The molecule has 0 aliphatic rings. The summed E-state index contributed by atoms with van der Waals surface area (Å²) in [4.78, 5) is 40.5. The maximum atomic E-state index is 13.3. The van der Waals surface area contributed by atoms with E-state index < -0.39 is 5.91 Å². The van der Waals surface area contributed by atoms with Gasteiger partial charge in [-0.05, 0) is 54.0 Å². The first kappa shape index (κ1) is 28.1. The summed E-state index contributed by atoms with van der Waals surface area (Å²) in [5, 5.41) is 12.8. The molecule has 8 nitrogen and oxygen atoms in total. The number of aromatic nitrogens is 1. The number of benzene rings is 4. The van der Waals surface area contributed by atoms with Gasteiger partial charge in [0.25, 0.3) is 11.8 Å². The molecule has 0 saturated carbocycles. The van der Waals surface area contributed by atoms with Crippen LogP contribution >= 0.6 is 0 Å². The topological polar surface area (TPSA) is 121 Å². The molecule has 0 saturated heterocycles. The van der Waals surface area contributed by atoms with Gasteiger partial charge in [-0.15, -0.1) is 0 Å². The maximum Gasteiger partial charge on any atom is 0.267 e. The molecule has 0 aliphatic carbocycles. The van der Waals surface area contributed by atoms with Gasteiger partial charge in [0, 0.05) is 39.9 Å². The quantitative estimate of drug-likeness (QED) is 0.0754. The summed E-state index contributed by atoms with van der Waals surface area (Å²) in [6, 6.07) is 30.3. The van der Waals surface area contributed by atoms with Crippen LogP contribution in [0.1, 0.15) is 37.4 Å². The summed E-state index contributed by atoms with van der Waals surface area (Å²) in [6.07, 6.45) is 5.25. The lowest BCUT2D eigenvalue weighted by Crippen LogP contribution is -2.40. The smallest absolute Gasteiger partial charge is 0.267 e. The Hall–Kier alpha value is -5.47. The molecule has 0 bridgehead atoms. The Morgan fingerprint density at radius 1 is 0.810 bits per heavy atom. The molecule has 42 heavy (non-hydrogen) atoms. The van der Waals surface area contributed by atoms with E-state index in [-0.39, 0.29) is 24.3 Å². The van der Waals surface area contributed by atoms with Gasteiger partial charge in [0.05, 0.1) is 6.04 Å². The summed E-state index contributed by atoms with van der Waals surface area (Å²) in [7, 11) is 0. The number of fused-ring (bicyclic) bond motifs is 1. The van der Waals surface area contributed by atoms with Crippen molar-refractivity contribution >= 4 is 34.6 Å². The molecule has 2 amide bonds. The maximum absolute atomic E-state index is 13.3. The van der Waals surface area contributed by atoms with Crippen molar-refractivity contribution in [1.29, 1.82) is 0 Å². The number of carbonyl (C=O) groups is 3. The fraction of sp³-hybridized carbons (Fsp3) is 0.0882. The monoisotopic (exact) mass is 559 g/mol. The van der Waals surface area contributed by atoms with Gasteiger partial charge in [-0.2, -0.15) is 0 Å². The molecule has 210 valence electrons. The number of ketones is 1. The standard InChI is InChI=1S/C34H29N3O5/c38-32(37-41)19-12-23-10-17-29(18-11-23)42-22-28(20-27-21-35-31-9-5-4-8-30(27)31)36-34(40)26-15-13-25(14-16-26)33(39)24-6-2-1-3-7-24/h1-19,21,28,35,41H,20,22H2,(H,36,40)(H,37,38)/b19-12+/t28-/m0/s1. The van der Waals surface area contributed by atoms with E-state index in [1.165, 1.54) is 6.08 Å². The van der Waals surface area contributed by atoms with E-state index in [2.05, 4.69) is 10.3 Å². The zero-order valence-electron chi connectivity index (χ0n) is 22.6. The fourth-order valence-electron chi connectivity index (χ4n) is 4.60. The van der Waals surface area contributed by atoms with Crippen molar-refractivity contribution in [1.82, 2.24) is 15.8 Å². The number of carbonyl (C=O) groups excluding carboxylic acids is 3. The van der Waals surface area contributed by atoms with Gasteiger partial charge in [0.15, 0.2) is 5.78 Å². The highest BCUT2D eigenvalue weighted by atomic mass is 16.5.